The fourth-order valence-electron chi connectivity index (χ4n) is 1.81. The summed E-state index contributed by atoms with van der Waals surface area (Å²) in [6, 6.07) is 9.48. The lowest BCUT2D eigenvalue weighted by Gasteiger charge is -2.10. The molecule has 94 valence electrons. The summed E-state index contributed by atoms with van der Waals surface area (Å²) in [5, 5.41) is 13.3. The lowest BCUT2D eigenvalue weighted by atomic mass is 10.1. The molecule has 0 amide bonds. The third-order valence-corrected chi connectivity index (χ3v) is 3.14. The molecule has 2 aromatic heterocycles. The molecular formula is C13H8Cl2N4. The summed E-state index contributed by atoms with van der Waals surface area (Å²) >= 11 is 11.8. The second kappa shape index (κ2) is 4.99. The van der Waals surface area contributed by atoms with Crippen LogP contribution in [0.1, 0.15) is 0 Å². The maximum atomic E-state index is 5.99. The van der Waals surface area contributed by atoms with E-state index in [0.717, 1.165) is 16.5 Å². The van der Waals surface area contributed by atoms with Crippen LogP contribution in [0.5, 0.6) is 0 Å². The summed E-state index contributed by atoms with van der Waals surface area (Å²) in [5.41, 5.74) is 1.49. The van der Waals surface area contributed by atoms with Gasteiger partial charge in [-0.15, -0.1) is 10.2 Å². The molecule has 0 aliphatic rings. The van der Waals surface area contributed by atoms with Crippen molar-refractivity contribution in [2.75, 3.05) is 5.32 Å². The van der Waals surface area contributed by atoms with Gasteiger partial charge in [0.05, 0.1) is 5.69 Å². The van der Waals surface area contributed by atoms with Gasteiger partial charge in [-0.2, -0.15) is 0 Å². The maximum absolute atomic E-state index is 5.99. The van der Waals surface area contributed by atoms with Crippen molar-refractivity contribution in [2.24, 2.45) is 0 Å². The van der Waals surface area contributed by atoms with Crippen molar-refractivity contribution in [1.82, 2.24) is 15.2 Å². The van der Waals surface area contributed by atoms with Crippen LogP contribution in [0.15, 0.2) is 42.7 Å². The van der Waals surface area contributed by atoms with Gasteiger partial charge in [0, 0.05) is 29.5 Å². The van der Waals surface area contributed by atoms with E-state index in [0.29, 0.717) is 5.69 Å². The highest BCUT2D eigenvalue weighted by Gasteiger charge is 2.06. The molecule has 2 heterocycles. The largest absolute Gasteiger partial charge is 0.352 e. The second-order valence-electron chi connectivity index (χ2n) is 3.90. The van der Waals surface area contributed by atoms with Crippen LogP contribution < -0.4 is 5.32 Å². The molecule has 1 aromatic carbocycles. The Hall–Kier alpha value is -1.91. The summed E-state index contributed by atoms with van der Waals surface area (Å²) in [7, 11) is 0. The van der Waals surface area contributed by atoms with E-state index in [1.54, 1.807) is 18.5 Å². The summed E-state index contributed by atoms with van der Waals surface area (Å²) in [6.45, 7) is 0. The van der Waals surface area contributed by atoms with E-state index >= 15 is 0 Å². The topological polar surface area (TPSA) is 50.7 Å². The van der Waals surface area contributed by atoms with Crippen molar-refractivity contribution in [2.45, 2.75) is 0 Å². The highest BCUT2D eigenvalue weighted by Crippen LogP contribution is 2.29. The SMILES string of the molecule is Clc1cc(Nc2cccc3ccncc23)c(Cl)nn1. The van der Waals surface area contributed by atoms with E-state index in [1.165, 1.54) is 0 Å². The lowest BCUT2D eigenvalue weighted by molar-refractivity contribution is 1.03. The summed E-state index contributed by atoms with van der Waals surface area (Å²) < 4.78 is 0. The maximum Gasteiger partial charge on any atom is 0.175 e. The van der Waals surface area contributed by atoms with E-state index < -0.39 is 0 Å². The van der Waals surface area contributed by atoms with Gasteiger partial charge in [0.25, 0.3) is 0 Å². The number of hydrogen-bond acceptors (Lipinski definition) is 4. The molecule has 1 N–H and O–H groups in total. The van der Waals surface area contributed by atoms with E-state index in [9.17, 15) is 0 Å². The number of halogens is 2. The second-order valence-corrected chi connectivity index (χ2v) is 4.64. The molecule has 0 bridgehead atoms. The monoisotopic (exact) mass is 290 g/mol. The zero-order valence-corrected chi connectivity index (χ0v) is 11.2. The van der Waals surface area contributed by atoms with Gasteiger partial charge < -0.3 is 5.32 Å². The Morgan fingerprint density at radius 1 is 1.00 bits per heavy atom. The first-order chi connectivity index (χ1) is 9.24. The van der Waals surface area contributed by atoms with E-state index in [1.807, 2.05) is 24.3 Å². The highest BCUT2D eigenvalue weighted by molar-refractivity contribution is 6.33. The minimum atomic E-state index is 0.269. The minimum Gasteiger partial charge on any atom is -0.352 e. The Bertz CT molecular complexity index is 740. The van der Waals surface area contributed by atoms with Gasteiger partial charge in [-0.3, -0.25) is 4.98 Å². The van der Waals surface area contributed by atoms with Crippen molar-refractivity contribution < 1.29 is 0 Å². The zero-order chi connectivity index (χ0) is 13.2. The fourth-order valence-corrected chi connectivity index (χ4v) is 2.09. The first-order valence-corrected chi connectivity index (χ1v) is 6.28. The first kappa shape index (κ1) is 12.1. The standard InChI is InChI=1S/C13H8Cl2N4/c14-12-6-11(13(15)19-18-12)17-10-3-1-2-8-4-5-16-7-9(8)10/h1-7H,(H,17,18). The number of fused-ring (bicyclic) bond motifs is 1. The average Bonchev–Trinajstić information content (AvgIpc) is 2.43. The Labute approximate surface area is 119 Å². The van der Waals surface area contributed by atoms with Crippen LogP contribution in [0.3, 0.4) is 0 Å². The molecular weight excluding hydrogens is 283 g/mol. The molecule has 0 atom stereocenters. The predicted molar refractivity (Wildman–Crippen MR) is 77.1 cm³/mol. The normalized spacial score (nSPS) is 10.6. The third kappa shape index (κ3) is 2.45. The molecule has 0 radical (unpaired) electrons. The molecule has 0 saturated heterocycles. The lowest BCUT2D eigenvalue weighted by Crippen LogP contribution is -1.95. The number of aromatic nitrogens is 3. The Kier molecular flexibility index (Phi) is 3.19. The van der Waals surface area contributed by atoms with Gasteiger partial charge in [-0.05, 0) is 17.5 Å². The van der Waals surface area contributed by atoms with Crippen molar-refractivity contribution in [1.29, 1.82) is 0 Å². The predicted octanol–water partition coefficient (Wildman–Crippen LogP) is 4.08. The van der Waals surface area contributed by atoms with Crippen LogP contribution >= 0.6 is 23.2 Å². The molecule has 0 aliphatic carbocycles. The van der Waals surface area contributed by atoms with Crippen LogP contribution in [0, 0.1) is 0 Å². The van der Waals surface area contributed by atoms with Crippen molar-refractivity contribution in [3.05, 3.63) is 53.0 Å². The molecule has 3 rings (SSSR count). The van der Waals surface area contributed by atoms with Gasteiger partial charge in [0.2, 0.25) is 0 Å². The molecule has 6 heteroatoms. The number of pyridine rings is 1. The van der Waals surface area contributed by atoms with E-state index in [-0.39, 0.29) is 10.3 Å². The van der Waals surface area contributed by atoms with E-state index in [2.05, 4.69) is 20.5 Å². The smallest absolute Gasteiger partial charge is 0.175 e. The number of nitrogens with zero attached hydrogens (tertiary/aromatic N) is 3. The summed E-state index contributed by atoms with van der Waals surface area (Å²) in [4.78, 5) is 4.13. The van der Waals surface area contributed by atoms with Gasteiger partial charge in [-0.25, -0.2) is 0 Å². The third-order valence-electron chi connectivity index (χ3n) is 2.67. The Morgan fingerprint density at radius 3 is 2.79 bits per heavy atom. The van der Waals surface area contributed by atoms with Crippen LogP contribution in [0.25, 0.3) is 10.8 Å². The van der Waals surface area contributed by atoms with Crippen molar-refractivity contribution in [3.8, 4) is 0 Å². The number of hydrogen-bond donors (Lipinski definition) is 1. The number of anilines is 2. The van der Waals surface area contributed by atoms with Crippen LogP contribution in [0.4, 0.5) is 11.4 Å². The first-order valence-electron chi connectivity index (χ1n) is 5.52. The van der Waals surface area contributed by atoms with Crippen LogP contribution in [0.2, 0.25) is 10.3 Å². The molecule has 0 fully saturated rings. The van der Waals surface area contributed by atoms with Crippen molar-refractivity contribution in [3.63, 3.8) is 0 Å². The van der Waals surface area contributed by atoms with Crippen LogP contribution in [-0.2, 0) is 0 Å². The highest BCUT2D eigenvalue weighted by atomic mass is 35.5. The quantitative estimate of drug-likeness (QED) is 0.773. The van der Waals surface area contributed by atoms with E-state index in [4.69, 9.17) is 23.2 Å². The molecule has 0 saturated carbocycles. The Morgan fingerprint density at radius 2 is 1.89 bits per heavy atom. The zero-order valence-electron chi connectivity index (χ0n) is 9.64. The Balaban J connectivity index is 2.08. The number of nitrogens with one attached hydrogen (secondary N) is 1. The molecule has 3 aromatic rings. The molecule has 4 nitrogen and oxygen atoms in total. The van der Waals surface area contributed by atoms with Crippen molar-refractivity contribution >= 4 is 45.3 Å². The van der Waals surface area contributed by atoms with Gasteiger partial charge in [0.15, 0.2) is 10.3 Å². The molecule has 0 unspecified atom stereocenters. The molecule has 0 aliphatic heterocycles. The average molecular weight is 291 g/mol. The van der Waals surface area contributed by atoms with Crippen LogP contribution in [-0.4, -0.2) is 15.2 Å². The minimum absolute atomic E-state index is 0.269. The number of benzene rings is 1. The number of rotatable bonds is 2. The van der Waals surface area contributed by atoms with Gasteiger partial charge >= 0.3 is 0 Å². The van der Waals surface area contributed by atoms with Gasteiger partial charge in [-0.1, -0.05) is 35.3 Å². The summed E-state index contributed by atoms with van der Waals surface area (Å²) in [5.74, 6) is 0. The fraction of sp³-hybridized carbons (Fsp3) is 0. The van der Waals surface area contributed by atoms with Gasteiger partial charge in [0.1, 0.15) is 0 Å². The molecule has 19 heavy (non-hydrogen) atoms. The molecule has 0 spiro atoms. The summed E-state index contributed by atoms with van der Waals surface area (Å²) in [6.07, 6.45) is 3.55.